The molecule has 22 heavy (non-hydrogen) atoms. The molecule has 1 aromatic heterocycles. The Labute approximate surface area is 128 Å². The van der Waals surface area contributed by atoms with Crippen LogP contribution in [0.2, 0.25) is 0 Å². The second-order valence-electron chi connectivity index (χ2n) is 4.89. The standard InChI is InChI=1S/C18H16FNO2/c1-21-14-7-5-13(6-8-14)10-12-22-17-9-11-20-18-15(17)3-2-4-16(18)19/h2-9,11H,10,12H2,1H3. The molecular formula is C18H16FNO2. The lowest BCUT2D eigenvalue weighted by Crippen LogP contribution is -2.02. The van der Waals surface area contributed by atoms with Gasteiger partial charge in [-0.2, -0.15) is 0 Å². The first-order valence-electron chi connectivity index (χ1n) is 7.07. The van der Waals surface area contributed by atoms with Gasteiger partial charge in [-0.15, -0.1) is 0 Å². The topological polar surface area (TPSA) is 31.4 Å². The summed E-state index contributed by atoms with van der Waals surface area (Å²) in [6.07, 6.45) is 2.33. The predicted molar refractivity (Wildman–Crippen MR) is 83.9 cm³/mol. The fourth-order valence-corrected chi connectivity index (χ4v) is 2.31. The highest BCUT2D eigenvalue weighted by molar-refractivity contribution is 5.85. The van der Waals surface area contributed by atoms with E-state index in [0.717, 1.165) is 17.7 Å². The molecule has 0 N–H and O–H groups in total. The predicted octanol–water partition coefficient (Wildman–Crippen LogP) is 4.00. The number of fused-ring (bicyclic) bond motifs is 1. The van der Waals surface area contributed by atoms with E-state index in [1.807, 2.05) is 30.3 Å². The monoisotopic (exact) mass is 297 g/mol. The first-order chi connectivity index (χ1) is 10.8. The van der Waals surface area contributed by atoms with E-state index in [-0.39, 0.29) is 5.82 Å². The Morgan fingerprint density at radius 1 is 1.05 bits per heavy atom. The number of aromatic nitrogens is 1. The lowest BCUT2D eigenvalue weighted by molar-refractivity contribution is 0.325. The van der Waals surface area contributed by atoms with Gasteiger partial charge in [0, 0.05) is 18.0 Å². The molecule has 112 valence electrons. The fraction of sp³-hybridized carbons (Fsp3) is 0.167. The molecule has 0 spiro atoms. The number of hydrogen-bond acceptors (Lipinski definition) is 3. The quantitative estimate of drug-likeness (QED) is 0.713. The second kappa shape index (κ2) is 6.43. The summed E-state index contributed by atoms with van der Waals surface area (Å²) in [6, 6.07) is 14.5. The van der Waals surface area contributed by atoms with E-state index >= 15 is 0 Å². The number of halogens is 1. The van der Waals surface area contributed by atoms with Crippen LogP contribution in [-0.4, -0.2) is 18.7 Å². The molecule has 0 fully saturated rings. The van der Waals surface area contributed by atoms with Crippen molar-refractivity contribution in [1.29, 1.82) is 0 Å². The highest BCUT2D eigenvalue weighted by Crippen LogP contribution is 2.25. The fourth-order valence-electron chi connectivity index (χ4n) is 2.31. The van der Waals surface area contributed by atoms with Crippen molar-refractivity contribution in [2.24, 2.45) is 0 Å². The number of para-hydroxylation sites is 1. The average Bonchev–Trinajstić information content (AvgIpc) is 2.56. The van der Waals surface area contributed by atoms with Crippen LogP contribution >= 0.6 is 0 Å². The molecule has 0 atom stereocenters. The number of hydrogen-bond donors (Lipinski definition) is 0. The third-order valence-corrected chi connectivity index (χ3v) is 3.49. The van der Waals surface area contributed by atoms with Crippen LogP contribution in [0.15, 0.2) is 54.7 Å². The van der Waals surface area contributed by atoms with Crippen molar-refractivity contribution in [1.82, 2.24) is 4.98 Å². The van der Waals surface area contributed by atoms with Crippen LogP contribution in [0.4, 0.5) is 4.39 Å². The summed E-state index contributed by atoms with van der Waals surface area (Å²) in [5, 5.41) is 0.692. The normalized spacial score (nSPS) is 10.6. The Morgan fingerprint density at radius 2 is 1.86 bits per heavy atom. The van der Waals surface area contributed by atoms with Crippen LogP contribution in [0.5, 0.6) is 11.5 Å². The molecule has 0 amide bonds. The molecule has 0 aliphatic rings. The van der Waals surface area contributed by atoms with Crippen LogP contribution < -0.4 is 9.47 Å². The summed E-state index contributed by atoms with van der Waals surface area (Å²) >= 11 is 0. The number of nitrogens with zero attached hydrogens (tertiary/aromatic N) is 1. The van der Waals surface area contributed by atoms with Gasteiger partial charge in [0.25, 0.3) is 0 Å². The Hall–Kier alpha value is -2.62. The van der Waals surface area contributed by atoms with Gasteiger partial charge in [-0.05, 0) is 35.9 Å². The summed E-state index contributed by atoms with van der Waals surface area (Å²) in [6.45, 7) is 0.516. The van der Waals surface area contributed by atoms with Gasteiger partial charge < -0.3 is 9.47 Å². The average molecular weight is 297 g/mol. The van der Waals surface area contributed by atoms with Crippen molar-refractivity contribution >= 4 is 10.9 Å². The summed E-state index contributed by atoms with van der Waals surface area (Å²) in [7, 11) is 1.64. The maximum Gasteiger partial charge on any atom is 0.149 e. The largest absolute Gasteiger partial charge is 0.497 e. The summed E-state index contributed by atoms with van der Waals surface area (Å²) < 4.78 is 24.6. The minimum Gasteiger partial charge on any atom is -0.497 e. The molecule has 0 bridgehead atoms. The third-order valence-electron chi connectivity index (χ3n) is 3.49. The van der Waals surface area contributed by atoms with E-state index in [1.165, 1.54) is 6.07 Å². The third kappa shape index (κ3) is 3.01. The van der Waals surface area contributed by atoms with Gasteiger partial charge in [0.2, 0.25) is 0 Å². The number of benzene rings is 2. The van der Waals surface area contributed by atoms with Crippen molar-refractivity contribution < 1.29 is 13.9 Å². The summed E-state index contributed by atoms with van der Waals surface area (Å²) in [5.74, 6) is 1.15. The minimum absolute atomic E-state index is 0.335. The molecule has 4 heteroatoms. The van der Waals surface area contributed by atoms with Crippen molar-refractivity contribution in [3.63, 3.8) is 0 Å². The van der Waals surface area contributed by atoms with Crippen LogP contribution in [0.3, 0.4) is 0 Å². The number of rotatable bonds is 5. The van der Waals surface area contributed by atoms with Gasteiger partial charge in [0.05, 0.1) is 13.7 Å². The Morgan fingerprint density at radius 3 is 2.64 bits per heavy atom. The van der Waals surface area contributed by atoms with Crippen molar-refractivity contribution in [3.05, 3.63) is 66.1 Å². The molecule has 1 heterocycles. The van der Waals surface area contributed by atoms with E-state index in [1.54, 1.807) is 25.4 Å². The number of pyridine rings is 1. The maximum atomic E-state index is 13.7. The van der Waals surface area contributed by atoms with Crippen molar-refractivity contribution in [2.75, 3.05) is 13.7 Å². The molecule has 3 aromatic rings. The Kier molecular flexibility index (Phi) is 4.19. The highest BCUT2D eigenvalue weighted by atomic mass is 19.1. The molecule has 0 radical (unpaired) electrons. The SMILES string of the molecule is COc1ccc(CCOc2ccnc3c(F)cccc23)cc1. The van der Waals surface area contributed by atoms with E-state index in [9.17, 15) is 4.39 Å². The first kappa shape index (κ1) is 14.3. The zero-order chi connectivity index (χ0) is 15.4. The number of ether oxygens (including phenoxy) is 2. The molecule has 0 aliphatic heterocycles. The molecule has 2 aromatic carbocycles. The zero-order valence-electron chi connectivity index (χ0n) is 12.3. The van der Waals surface area contributed by atoms with Crippen molar-refractivity contribution in [3.8, 4) is 11.5 Å². The molecule has 0 saturated carbocycles. The molecule has 3 nitrogen and oxygen atoms in total. The molecule has 0 aliphatic carbocycles. The van der Waals surface area contributed by atoms with E-state index in [4.69, 9.17) is 9.47 Å². The summed E-state index contributed by atoms with van der Waals surface area (Å²) in [5.41, 5.74) is 1.50. The van der Waals surface area contributed by atoms with Gasteiger partial charge in [-0.25, -0.2) is 4.39 Å². The van der Waals surface area contributed by atoms with Crippen LogP contribution in [-0.2, 0) is 6.42 Å². The van der Waals surface area contributed by atoms with E-state index in [0.29, 0.717) is 23.3 Å². The summed E-state index contributed by atoms with van der Waals surface area (Å²) in [4.78, 5) is 4.06. The molecule has 0 unspecified atom stereocenters. The maximum absolute atomic E-state index is 13.7. The molecular weight excluding hydrogens is 281 g/mol. The van der Waals surface area contributed by atoms with Gasteiger partial charge in [0.15, 0.2) is 0 Å². The smallest absolute Gasteiger partial charge is 0.149 e. The first-order valence-corrected chi connectivity index (χ1v) is 7.07. The zero-order valence-corrected chi connectivity index (χ0v) is 12.3. The Balaban J connectivity index is 1.70. The highest BCUT2D eigenvalue weighted by Gasteiger charge is 2.06. The second-order valence-corrected chi connectivity index (χ2v) is 4.89. The van der Waals surface area contributed by atoms with E-state index < -0.39 is 0 Å². The number of methoxy groups -OCH3 is 1. The van der Waals surface area contributed by atoms with Crippen LogP contribution in [0.1, 0.15) is 5.56 Å². The van der Waals surface area contributed by atoms with Crippen LogP contribution in [0, 0.1) is 5.82 Å². The lowest BCUT2D eigenvalue weighted by atomic mass is 10.1. The Bertz CT molecular complexity index is 772. The van der Waals surface area contributed by atoms with Gasteiger partial charge in [-0.3, -0.25) is 4.98 Å². The van der Waals surface area contributed by atoms with Gasteiger partial charge in [0.1, 0.15) is 22.8 Å². The van der Waals surface area contributed by atoms with Gasteiger partial charge in [-0.1, -0.05) is 18.2 Å². The van der Waals surface area contributed by atoms with E-state index in [2.05, 4.69) is 4.98 Å². The molecule has 3 rings (SSSR count). The lowest BCUT2D eigenvalue weighted by Gasteiger charge is -2.09. The minimum atomic E-state index is -0.335. The molecule has 0 saturated heterocycles. The van der Waals surface area contributed by atoms with Gasteiger partial charge >= 0.3 is 0 Å². The van der Waals surface area contributed by atoms with Crippen LogP contribution in [0.25, 0.3) is 10.9 Å². The van der Waals surface area contributed by atoms with Crippen molar-refractivity contribution in [2.45, 2.75) is 6.42 Å².